The summed E-state index contributed by atoms with van der Waals surface area (Å²) < 4.78 is 2.02. The summed E-state index contributed by atoms with van der Waals surface area (Å²) in [6.07, 6.45) is 6.20. The lowest BCUT2D eigenvalue weighted by Crippen LogP contribution is -2.33. The fourth-order valence-corrected chi connectivity index (χ4v) is 5.05. The van der Waals surface area contributed by atoms with Gasteiger partial charge in [0, 0.05) is 63.3 Å². The lowest BCUT2D eigenvalue weighted by Gasteiger charge is -2.07. The van der Waals surface area contributed by atoms with Gasteiger partial charge in [0.2, 0.25) is 0 Å². The number of carbonyl (C=O) groups excluding carboxylic acids is 2. The van der Waals surface area contributed by atoms with Gasteiger partial charge in [-0.05, 0) is 30.9 Å². The van der Waals surface area contributed by atoms with Crippen LogP contribution in [-0.4, -0.2) is 45.2 Å². The van der Waals surface area contributed by atoms with Crippen molar-refractivity contribution in [1.29, 1.82) is 0 Å². The van der Waals surface area contributed by atoms with E-state index in [-0.39, 0.29) is 5.96 Å². The summed E-state index contributed by atoms with van der Waals surface area (Å²) in [6, 6.07) is 13.6. The third-order valence-corrected chi connectivity index (χ3v) is 6.95. The van der Waals surface area contributed by atoms with Crippen molar-refractivity contribution >= 4 is 62.5 Å². The number of aromatic nitrogens is 2. The number of carbonyl (C=O) groups is 2. The summed E-state index contributed by atoms with van der Waals surface area (Å²) in [5.41, 5.74) is 9.27. The highest BCUT2D eigenvalue weighted by Gasteiger charge is 2.35. The Kier molecular flexibility index (Phi) is 6.40. The average Bonchev–Trinajstić information content (AvgIpc) is 3.53. The number of aryl methyl sites for hydroxylation is 1. The van der Waals surface area contributed by atoms with Crippen molar-refractivity contribution in [2.75, 3.05) is 12.8 Å². The normalized spacial score (nSPS) is 14.1. The standard InChI is InChI=1S/C25H23N7O4S/c1-37-14-7-8-16-18(13-31(20(16)11-14)10-4-9-27-25(26)30-32(35)36)22-21(23(33)29-24(22)34)17-12-28-19-6-3-2-5-15(17)19/h2-3,5-8,11-13,28H,4,9-10H2,1H3,(H3,26,27,30)(H,29,33,34). The molecule has 2 aromatic carbocycles. The summed E-state index contributed by atoms with van der Waals surface area (Å²) >= 11 is 1.60. The molecule has 0 saturated heterocycles. The molecule has 11 nitrogen and oxygen atoms in total. The largest absolute Gasteiger partial charge is 0.365 e. The number of nitrogens with two attached hydrogens (primary N) is 1. The first-order chi connectivity index (χ1) is 17.9. The molecule has 5 N–H and O–H groups in total. The van der Waals surface area contributed by atoms with E-state index < -0.39 is 16.8 Å². The highest BCUT2D eigenvalue weighted by Crippen LogP contribution is 2.39. The van der Waals surface area contributed by atoms with Gasteiger partial charge in [-0.1, -0.05) is 24.3 Å². The minimum absolute atomic E-state index is 0.262. The third kappa shape index (κ3) is 4.54. The monoisotopic (exact) mass is 517 g/mol. The van der Waals surface area contributed by atoms with Gasteiger partial charge >= 0.3 is 0 Å². The van der Waals surface area contributed by atoms with E-state index in [0.717, 1.165) is 26.7 Å². The number of hydrazone groups is 1. The Hall–Kier alpha value is -4.58. The molecule has 5 rings (SSSR count). The molecule has 0 spiro atoms. The van der Waals surface area contributed by atoms with Crippen LogP contribution in [0.25, 0.3) is 33.0 Å². The highest BCUT2D eigenvalue weighted by atomic mass is 32.2. The highest BCUT2D eigenvalue weighted by molar-refractivity contribution is 7.98. The number of nitrogens with one attached hydrogen (secondary N) is 3. The molecule has 0 aliphatic carbocycles. The number of amides is 2. The number of benzene rings is 2. The number of imide groups is 1. The molecule has 0 saturated carbocycles. The zero-order chi connectivity index (χ0) is 26.1. The Morgan fingerprint density at radius 2 is 1.89 bits per heavy atom. The molecular formula is C25H23N7O4S. The van der Waals surface area contributed by atoms with Gasteiger partial charge in [0.05, 0.1) is 11.1 Å². The van der Waals surface area contributed by atoms with Gasteiger partial charge in [0.25, 0.3) is 17.8 Å². The fraction of sp³-hybridized carbons (Fsp3) is 0.160. The van der Waals surface area contributed by atoms with Crippen LogP contribution in [-0.2, 0) is 16.1 Å². The van der Waals surface area contributed by atoms with Crippen molar-refractivity contribution in [3.05, 3.63) is 76.1 Å². The topological polar surface area (TPSA) is 160 Å². The first-order valence-corrected chi connectivity index (χ1v) is 12.7. The van der Waals surface area contributed by atoms with Gasteiger partial charge in [-0.25, -0.2) is 10.1 Å². The van der Waals surface area contributed by atoms with Crippen LogP contribution < -0.4 is 16.4 Å². The molecular weight excluding hydrogens is 494 g/mol. The van der Waals surface area contributed by atoms with Crippen molar-refractivity contribution in [3.8, 4) is 0 Å². The zero-order valence-corrected chi connectivity index (χ0v) is 20.6. The summed E-state index contributed by atoms with van der Waals surface area (Å²) in [4.78, 5) is 40.8. The maximum absolute atomic E-state index is 13.1. The van der Waals surface area contributed by atoms with Gasteiger partial charge in [-0.15, -0.1) is 11.8 Å². The number of H-pyrrole nitrogens is 1. The quantitative estimate of drug-likeness (QED) is 0.0531. The van der Waals surface area contributed by atoms with Gasteiger partial charge in [-0.2, -0.15) is 0 Å². The lowest BCUT2D eigenvalue weighted by atomic mass is 9.95. The molecule has 1 aliphatic heterocycles. The lowest BCUT2D eigenvalue weighted by molar-refractivity contribution is -0.485. The minimum Gasteiger partial charge on any atom is -0.365 e. The summed E-state index contributed by atoms with van der Waals surface area (Å²) in [7, 11) is 0. The number of hydrogen-bond acceptors (Lipinski definition) is 5. The van der Waals surface area contributed by atoms with Gasteiger partial charge in [0.15, 0.2) is 5.03 Å². The molecule has 2 aromatic heterocycles. The van der Waals surface area contributed by atoms with E-state index in [4.69, 9.17) is 5.73 Å². The molecule has 0 bridgehead atoms. The molecule has 3 heterocycles. The summed E-state index contributed by atoms with van der Waals surface area (Å²) in [5.74, 6) is -1.14. The van der Waals surface area contributed by atoms with E-state index in [9.17, 15) is 19.7 Å². The van der Waals surface area contributed by atoms with Crippen molar-refractivity contribution in [1.82, 2.24) is 20.2 Å². The second kappa shape index (κ2) is 9.82. The van der Waals surface area contributed by atoms with E-state index in [1.165, 1.54) is 0 Å². The number of guanidine groups is 1. The molecule has 0 fully saturated rings. The van der Waals surface area contributed by atoms with Crippen LogP contribution in [0.5, 0.6) is 0 Å². The SMILES string of the molecule is CSc1ccc2c(C3=C(c4c[nH]c5ccccc45)C(=O)NC3=O)cn(CCCNC(N)=N[N+](=O)[O-])c2c1. The van der Waals surface area contributed by atoms with Crippen molar-refractivity contribution in [2.24, 2.45) is 10.8 Å². The molecule has 0 unspecified atom stereocenters. The van der Waals surface area contributed by atoms with Crippen LogP contribution in [0, 0.1) is 10.1 Å². The molecule has 188 valence electrons. The maximum Gasteiger partial charge on any atom is 0.266 e. The number of rotatable bonds is 8. The van der Waals surface area contributed by atoms with E-state index in [1.807, 2.05) is 59.5 Å². The third-order valence-electron chi connectivity index (χ3n) is 6.22. The van der Waals surface area contributed by atoms with Crippen LogP contribution in [0.3, 0.4) is 0 Å². The van der Waals surface area contributed by atoms with Crippen molar-refractivity contribution < 1.29 is 14.6 Å². The Balaban J connectivity index is 1.58. The first kappa shape index (κ1) is 24.1. The minimum atomic E-state index is -0.856. The van der Waals surface area contributed by atoms with Gasteiger partial charge in [-0.3, -0.25) is 14.9 Å². The molecule has 1 aliphatic rings. The maximum atomic E-state index is 13.1. The second-order valence-electron chi connectivity index (χ2n) is 8.40. The van der Waals surface area contributed by atoms with Gasteiger partial charge in [0.1, 0.15) is 5.10 Å². The van der Waals surface area contributed by atoms with Gasteiger partial charge < -0.3 is 20.6 Å². The van der Waals surface area contributed by atoms with E-state index in [1.54, 1.807) is 18.0 Å². The molecule has 0 radical (unpaired) electrons. The van der Waals surface area contributed by atoms with E-state index in [2.05, 4.69) is 20.7 Å². The molecule has 37 heavy (non-hydrogen) atoms. The smallest absolute Gasteiger partial charge is 0.266 e. The molecule has 0 atom stereocenters. The molecule has 2 amide bonds. The number of fused-ring (bicyclic) bond motifs is 2. The van der Waals surface area contributed by atoms with Crippen LogP contribution in [0.1, 0.15) is 17.5 Å². The predicted molar refractivity (Wildman–Crippen MR) is 143 cm³/mol. The number of para-hydroxylation sites is 1. The van der Waals surface area contributed by atoms with Crippen molar-refractivity contribution in [2.45, 2.75) is 17.9 Å². The van der Waals surface area contributed by atoms with Crippen LogP contribution in [0.2, 0.25) is 0 Å². The number of nitro groups is 1. The predicted octanol–water partition coefficient (Wildman–Crippen LogP) is 2.90. The number of thioether (sulfide) groups is 1. The first-order valence-electron chi connectivity index (χ1n) is 11.4. The molecule has 4 aromatic rings. The summed E-state index contributed by atoms with van der Waals surface area (Å²) in [5, 5.41) is 19.5. The Morgan fingerprint density at radius 1 is 1.14 bits per heavy atom. The number of hydrogen-bond donors (Lipinski definition) is 4. The number of aromatic amines is 1. The van der Waals surface area contributed by atoms with E-state index in [0.29, 0.717) is 41.8 Å². The zero-order valence-electron chi connectivity index (χ0n) is 19.8. The van der Waals surface area contributed by atoms with Crippen LogP contribution >= 0.6 is 11.8 Å². The van der Waals surface area contributed by atoms with E-state index >= 15 is 0 Å². The van der Waals surface area contributed by atoms with Crippen LogP contribution in [0.4, 0.5) is 0 Å². The Bertz CT molecular complexity index is 1630. The van der Waals surface area contributed by atoms with Crippen LogP contribution in [0.15, 0.2) is 64.9 Å². The number of nitrogens with zero attached hydrogens (tertiary/aromatic N) is 3. The second-order valence-corrected chi connectivity index (χ2v) is 9.28. The fourth-order valence-electron chi connectivity index (χ4n) is 4.62. The van der Waals surface area contributed by atoms with Crippen molar-refractivity contribution in [3.63, 3.8) is 0 Å². The Morgan fingerprint density at radius 3 is 2.65 bits per heavy atom. The average molecular weight is 518 g/mol. The summed E-state index contributed by atoms with van der Waals surface area (Å²) in [6.45, 7) is 0.904. The molecule has 12 heteroatoms. The Labute approximate surface area is 214 Å².